The van der Waals surface area contributed by atoms with Gasteiger partial charge in [-0.2, -0.15) is 0 Å². The molecule has 0 fully saturated rings. The molecule has 16 heavy (non-hydrogen) atoms. The van der Waals surface area contributed by atoms with Crippen LogP contribution in [0.2, 0.25) is 0 Å². The van der Waals surface area contributed by atoms with Crippen LogP contribution in [0.15, 0.2) is 12.1 Å². The molecule has 0 N–H and O–H groups in total. The van der Waals surface area contributed by atoms with Crippen molar-refractivity contribution in [2.24, 2.45) is 0 Å². The average molecular weight is 216 g/mol. The SMILES string of the molecule is CC.CC(C)(C)c1bbc(C(C)(C)C)cc1. The molecule has 0 aliphatic carbocycles. The van der Waals surface area contributed by atoms with Gasteiger partial charge < -0.3 is 0 Å². The summed E-state index contributed by atoms with van der Waals surface area (Å²) >= 11 is 0. The first-order valence-corrected chi connectivity index (χ1v) is 6.32. The van der Waals surface area contributed by atoms with Crippen LogP contribution in [0.3, 0.4) is 0 Å². The summed E-state index contributed by atoms with van der Waals surface area (Å²) in [6.45, 7) is 22.0. The maximum atomic E-state index is 2.25. The van der Waals surface area contributed by atoms with E-state index in [1.54, 1.807) is 0 Å². The van der Waals surface area contributed by atoms with Gasteiger partial charge in [0.1, 0.15) is 0 Å². The average Bonchev–Trinajstić information content (AvgIpc) is 2.18. The van der Waals surface area contributed by atoms with Gasteiger partial charge in [-0.25, -0.2) is 0 Å². The molecule has 2 heteroatoms. The van der Waals surface area contributed by atoms with Crippen LogP contribution in [0.5, 0.6) is 0 Å². The van der Waals surface area contributed by atoms with Crippen molar-refractivity contribution in [2.45, 2.75) is 66.2 Å². The van der Waals surface area contributed by atoms with Gasteiger partial charge in [-0.1, -0.05) is 13.8 Å². The summed E-state index contributed by atoms with van der Waals surface area (Å²) in [7, 11) is 0. The predicted octanol–water partition coefficient (Wildman–Crippen LogP) is 3.98. The molecule has 1 aromatic heterocycles. The third-order valence-electron chi connectivity index (χ3n) is 2.62. The second-order valence-electron chi connectivity index (χ2n) is 6.08. The van der Waals surface area contributed by atoms with Crippen LogP contribution in [-0.4, -0.2) is 13.6 Å². The van der Waals surface area contributed by atoms with Crippen molar-refractivity contribution in [1.82, 2.24) is 0 Å². The van der Waals surface area contributed by atoms with Crippen molar-refractivity contribution < 1.29 is 0 Å². The second-order valence-corrected chi connectivity index (χ2v) is 6.08. The zero-order valence-electron chi connectivity index (χ0n) is 12.3. The van der Waals surface area contributed by atoms with Crippen LogP contribution >= 0.6 is 0 Å². The summed E-state index contributed by atoms with van der Waals surface area (Å²) in [5, 5.41) is 0. The van der Waals surface area contributed by atoms with Crippen LogP contribution in [0.25, 0.3) is 0 Å². The van der Waals surface area contributed by atoms with Gasteiger partial charge in [0.2, 0.25) is 0 Å². The van der Waals surface area contributed by atoms with Crippen molar-refractivity contribution in [3.63, 3.8) is 0 Å². The van der Waals surface area contributed by atoms with Crippen molar-refractivity contribution in [3.8, 4) is 0 Å². The van der Waals surface area contributed by atoms with Crippen molar-refractivity contribution >= 4 is 13.6 Å². The molecule has 0 nitrogen and oxygen atoms in total. The van der Waals surface area contributed by atoms with Gasteiger partial charge in [0, 0.05) is 0 Å². The molecule has 0 spiro atoms. The Bertz CT molecular complexity index is 266. The summed E-state index contributed by atoms with van der Waals surface area (Å²) < 4.78 is 0. The van der Waals surface area contributed by atoms with E-state index in [-0.39, 0.29) is 10.8 Å². The molecule has 0 amide bonds. The van der Waals surface area contributed by atoms with Gasteiger partial charge in [0.05, 0.1) is 0 Å². The first-order valence-electron chi connectivity index (χ1n) is 6.32. The monoisotopic (exact) mass is 216 g/mol. The third-order valence-corrected chi connectivity index (χ3v) is 2.62. The zero-order valence-corrected chi connectivity index (χ0v) is 12.3. The fraction of sp³-hybridized carbons (Fsp3) is 0.714. The Morgan fingerprint density at radius 3 is 1.06 bits per heavy atom. The topological polar surface area (TPSA) is 0 Å². The molecular formula is C14H26B2. The minimum absolute atomic E-state index is 0.260. The number of rotatable bonds is 0. The Morgan fingerprint density at radius 2 is 0.938 bits per heavy atom. The van der Waals surface area contributed by atoms with E-state index in [9.17, 15) is 0 Å². The normalized spacial score (nSPS) is 11.2. The Balaban J connectivity index is 0.00000106. The number of hydrogen-bond donors (Lipinski definition) is 0. The molecule has 1 rings (SSSR count). The standard InChI is InChI=1S/C12H20B2.C2H6/c1-11(2,3)9-7-8-10(14-13-9)12(4,5)6;1-2/h7-8H,1-6H3;1-2H3. The van der Waals surface area contributed by atoms with E-state index in [2.05, 4.69) is 67.3 Å². The van der Waals surface area contributed by atoms with Gasteiger partial charge in [0.15, 0.2) is 0 Å². The van der Waals surface area contributed by atoms with Gasteiger partial charge in [-0.05, 0) is 0 Å². The van der Waals surface area contributed by atoms with Crippen molar-refractivity contribution in [2.75, 3.05) is 0 Å². The molecule has 0 aromatic carbocycles. The molecule has 88 valence electrons. The van der Waals surface area contributed by atoms with Crippen molar-refractivity contribution in [1.29, 1.82) is 0 Å². The van der Waals surface area contributed by atoms with Gasteiger partial charge in [-0.15, -0.1) is 0 Å². The van der Waals surface area contributed by atoms with Crippen LogP contribution in [0.1, 0.15) is 66.3 Å². The first kappa shape index (κ1) is 15.6. The van der Waals surface area contributed by atoms with E-state index in [1.807, 2.05) is 13.8 Å². The summed E-state index contributed by atoms with van der Waals surface area (Å²) in [4.78, 5) is 0. The van der Waals surface area contributed by atoms with E-state index >= 15 is 0 Å². The molecule has 0 unspecified atom stereocenters. The molecule has 0 radical (unpaired) electrons. The Labute approximate surface area is 103 Å². The fourth-order valence-corrected chi connectivity index (χ4v) is 1.47. The molecule has 0 aliphatic heterocycles. The first-order chi connectivity index (χ1) is 7.21. The Morgan fingerprint density at radius 1 is 0.688 bits per heavy atom. The maximum absolute atomic E-state index is 2.25. The molecule has 1 heterocycles. The van der Waals surface area contributed by atoms with Gasteiger partial charge in [-0.3, -0.25) is 0 Å². The molecule has 0 saturated carbocycles. The minimum atomic E-state index is 0.260. The fourth-order valence-electron chi connectivity index (χ4n) is 1.47. The van der Waals surface area contributed by atoms with E-state index in [0.29, 0.717) is 0 Å². The molecular weight excluding hydrogens is 190 g/mol. The summed E-state index contributed by atoms with van der Waals surface area (Å²) in [6.07, 6.45) is 0. The zero-order chi connectivity index (χ0) is 13.0. The molecule has 0 atom stereocenters. The van der Waals surface area contributed by atoms with Crippen LogP contribution in [-0.2, 0) is 10.8 Å². The van der Waals surface area contributed by atoms with E-state index < -0.39 is 0 Å². The molecule has 0 aliphatic rings. The number of hydrogen-bond acceptors (Lipinski definition) is 0. The third kappa shape index (κ3) is 4.63. The van der Waals surface area contributed by atoms with E-state index in [1.165, 1.54) is 10.9 Å². The summed E-state index contributed by atoms with van der Waals surface area (Å²) in [5.74, 6) is 0. The van der Waals surface area contributed by atoms with Gasteiger partial charge >= 0.3 is 89.0 Å². The summed E-state index contributed by atoms with van der Waals surface area (Å²) in [6, 6.07) is 4.50. The van der Waals surface area contributed by atoms with E-state index in [0.717, 1.165) is 0 Å². The molecule has 0 bridgehead atoms. The molecule has 0 saturated heterocycles. The predicted molar refractivity (Wildman–Crippen MR) is 77.9 cm³/mol. The van der Waals surface area contributed by atoms with Crippen LogP contribution < -0.4 is 0 Å². The van der Waals surface area contributed by atoms with Crippen LogP contribution in [0.4, 0.5) is 0 Å². The quantitative estimate of drug-likeness (QED) is 0.615. The second kappa shape index (κ2) is 5.79. The van der Waals surface area contributed by atoms with Crippen LogP contribution in [0, 0.1) is 0 Å². The van der Waals surface area contributed by atoms with E-state index in [4.69, 9.17) is 0 Å². The Kier molecular flexibility index (Phi) is 5.65. The van der Waals surface area contributed by atoms with Gasteiger partial charge in [0.25, 0.3) is 0 Å². The molecule has 1 aromatic rings. The van der Waals surface area contributed by atoms with Crippen molar-refractivity contribution in [3.05, 3.63) is 23.1 Å². The summed E-state index contributed by atoms with van der Waals surface area (Å²) in [5.41, 5.74) is 3.34. The Hall–Kier alpha value is -0.390.